The average Bonchev–Trinajstić information content (AvgIpc) is 3.23. The molecule has 0 aliphatic carbocycles. The van der Waals surface area contributed by atoms with Gasteiger partial charge in [0.1, 0.15) is 34.4 Å². The van der Waals surface area contributed by atoms with Crippen molar-refractivity contribution < 1.29 is 23.6 Å². The summed E-state index contributed by atoms with van der Waals surface area (Å²) in [6.07, 6.45) is 7.17. The Bertz CT molecular complexity index is 1120. The summed E-state index contributed by atoms with van der Waals surface area (Å²) in [6.45, 7) is 1.93. The smallest absolute Gasteiger partial charge is 0.304 e. The van der Waals surface area contributed by atoms with Crippen molar-refractivity contribution in [1.29, 1.82) is 0 Å². The molecule has 1 heterocycles. The van der Waals surface area contributed by atoms with Gasteiger partial charge >= 0.3 is 5.82 Å². The zero-order chi connectivity index (χ0) is 26.4. The lowest BCUT2D eigenvalue weighted by atomic mass is 10.1. The summed E-state index contributed by atoms with van der Waals surface area (Å²) in [5.74, 6) is 3.63. The van der Waals surface area contributed by atoms with Crippen LogP contribution in [0.5, 0.6) is 23.0 Å². The highest BCUT2D eigenvalue weighted by atomic mass is 16.5. The van der Waals surface area contributed by atoms with Crippen molar-refractivity contribution in [1.82, 2.24) is 4.68 Å². The third kappa shape index (κ3) is 5.54. The van der Waals surface area contributed by atoms with Gasteiger partial charge in [-0.25, -0.2) is 0 Å². The predicted molar refractivity (Wildman–Crippen MR) is 143 cm³/mol. The molecule has 0 fully saturated rings. The zero-order valence-corrected chi connectivity index (χ0v) is 22.4. The van der Waals surface area contributed by atoms with Gasteiger partial charge in [-0.05, 0) is 24.3 Å². The topological polar surface area (TPSA) is 76.9 Å². The second kappa shape index (κ2) is 11.5. The van der Waals surface area contributed by atoms with Crippen LogP contribution in [0.1, 0.15) is 17.0 Å². The Morgan fingerprint density at radius 3 is 1.53 bits per heavy atom. The molecule has 0 spiro atoms. The molecule has 0 amide bonds. The van der Waals surface area contributed by atoms with E-state index in [1.165, 1.54) is 0 Å². The third-order valence-corrected chi connectivity index (χ3v) is 5.57. The summed E-state index contributed by atoms with van der Waals surface area (Å²) in [5.41, 5.74) is 3.43. The van der Waals surface area contributed by atoms with Crippen LogP contribution in [0.4, 0.5) is 11.4 Å². The molecular formula is C26H35N6O4+. The standard InChI is InChI=1S/C26H35N6O4/c1-18-31(27-16-19-12-21(33-6)25(29(2)3)22(13-19)34-7)10-11-32(18)28-17-20-14-23(35-8)26(30(4)5)24(15-20)36-9/h10-17H,1-9H3/q+1. The molecule has 0 aliphatic heterocycles. The summed E-state index contributed by atoms with van der Waals surface area (Å²) < 4.78 is 25.7. The number of ether oxygens (including phenoxy) is 4. The molecule has 0 N–H and O–H groups in total. The molecule has 0 atom stereocenters. The molecule has 0 aliphatic rings. The SMILES string of the molecule is COc1cc(C=Nn2cc[n+](N=Cc3cc(OC)c(N(C)C)c(OC)c3)c2C)cc(OC)c1N(C)C. The van der Waals surface area contributed by atoms with E-state index in [-0.39, 0.29) is 0 Å². The maximum atomic E-state index is 5.56. The molecule has 0 saturated carbocycles. The van der Waals surface area contributed by atoms with Crippen LogP contribution < -0.4 is 33.4 Å². The molecule has 3 rings (SSSR count). The number of anilines is 2. The number of hydrogen-bond acceptors (Lipinski definition) is 8. The first-order chi connectivity index (χ1) is 17.2. The summed E-state index contributed by atoms with van der Waals surface area (Å²) in [5, 5.41) is 9.18. The molecule has 10 nitrogen and oxygen atoms in total. The fourth-order valence-corrected chi connectivity index (χ4v) is 3.81. The Morgan fingerprint density at radius 1 is 0.722 bits per heavy atom. The molecular weight excluding hydrogens is 460 g/mol. The lowest BCUT2D eigenvalue weighted by molar-refractivity contribution is -0.684. The van der Waals surface area contributed by atoms with Gasteiger partial charge in [-0.3, -0.25) is 0 Å². The van der Waals surface area contributed by atoms with Gasteiger partial charge in [-0.15, -0.1) is 9.35 Å². The number of methoxy groups -OCH3 is 4. The van der Waals surface area contributed by atoms with Gasteiger partial charge in [-0.2, -0.15) is 0 Å². The largest absolute Gasteiger partial charge is 0.494 e. The maximum absolute atomic E-state index is 5.56. The van der Waals surface area contributed by atoms with Crippen LogP contribution >= 0.6 is 0 Å². The minimum absolute atomic E-state index is 0.704. The second-order valence-corrected chi connectivity index (χ2v) is 8.36. The van der Waals surface area contributed by atoms with E-state index in [2.05, 4.69) is 10.2 Å². The number of nitrogens with zero attached hydrogens (tertiary/aromatic N) is 6. The summed E-state index contributed by atoms with van der Waals surface area (Å²) in [7, 11) is 14.3. The third-order valence-electron chi connectivity index (χ3n) is 5.57. The van der Waals surface area contributed by atoms with E-state index >= 15 is 0 Å². The van der Waals surface area contributed by atoms with Crippen LogP contribution in [0.3, 0.4) is 0 Å². The van der Waals surface area contributed by atoms with Crippen LogP contribution in [0, 0.1) is 6.92 Å². The minimum Gasteiger partial charge on any atom is -0.494 e. The van der Waals surface area contributed by atoms with Gasteiger partial charge in [0.2, 0.25) is 0 Å². The number of aromatic nitrogens is 2. The normalized spacial score (nSPS) is 11.2. The van der Waals surface area contributed by atoms with Gasteiger partial charge in [0.05, 0.1) is 40.9 Å². The Kier molecular flexibility index (Phi) is 8.42. The first kappa shape index (κ1) is 26.4. The van der Waals surface area contributed by atoms with E-state index in [0.717, 1.165) is 28.3 Å². The fraction of sp³-hybridized carbons (Fsp3) is 0.346. The first-order valence-corrected chi connectivity index (χ1v) is 11.3. The summed E-state index contributed by atoms with van der Waals surface area (Å²) in [6, 6.07) is 7.68. The highest BCUT2D eigenvalue weighted by Gasteiger charge is 2.16. The highest BCUT2D eigenvalue weighted by Crippen LogP contribution is 2.38. The van der Waals surface area contributed by atoms with Crippen LogP contribution in [-0.4, -0.2) is 73.7 Å². The van der Waals surface area contributed by atoms with E-state index in [4.69, 9.17) is 18.9 Å². The van der Waals surface area contributed by atoms with Crippen LogP contribution in [-0.2, 0) is 0 Å². The quantitative estimate of drug-likeness (QED) is 0.318. The average molecular weight is 496 g/mol. The molecule has 192 valence electrons. The molecule has 36 heavy (non-hydrogen) atoms. The number of imidazole rings is 1. The van der Waals surface area contributed by atoms with Crippen molar-refractivity contribution in [3.8, 4) is 23.0 Å². The fourth-order valence-electron chi connectivity index (χ4n) is 3.81. The number of hydrogen-bond donors (Lipinski definition) is 0. The second-order valence-electron chi connectivity index (χ2n) is 8.36. The number of benzene rings is 2. The van der Waals surface area contributed by atoms with Crippen LogP contribution in [0.25, 0.3) is 0 Å². The van der Waals surface area contributed by atoms with Crippen molar-refractivity contribution in [3.05, 3.63) is 53.6 Å². The number of rotatable bonds is 10. The van der Waals surface area contributed by atoms with Crippen LogP contribution in [0.2, 0.25) is 0 Å². The molecule has 0 bridgehead atoms. The Morgan fingerprint density at radius 2 is 1.14 bits per heavy atom. The van der Waals surface area contributed by atoms with E-state index in [9.17, 15) is 0 Å². The molecule has 0 saturated heterocycles. The van der Waals surface area contributed by atoms with Gasteiger partial charge in [0, 0.05) is 46.2 Å². The minimum atomic E-state index is 0.704. The van der Waals surface area contributed by atoms with Crippen molar-refractivity contribution >= 4 is 23.8 Å². The van der Waals surface area contributed by atoms with Gasteiger partial charge in [-0.1, -0.05) is 10.2 Å². The first-order valence-electron chi connectivity index (χ1n) is 11.3. The summed E-state index contributed by atoms with van der Waals surface area (Å²) in [4.78, 5) is 3.91. The lowest BCUT2D eigenvalue weighted by Crippen LogP contribution is -2.29. The van der Waals surface area contributed by atoms with E-state index in [0.29, 0.717) is 23.0 Å². The van der Waals surface area contributed by atoms with Gasteiger partial charge in [0.25, 0.3) is 0 Å². The highest BCUT2D eigenvalue weighted by molar-refractivity contribution is 5.85. The zero-order valence-electron chi connectivity index (χ0n) is 22.4. The van der Waals surface area contributed by atoms with Crippen molar-refractivity contribution in [3.63, 3.8) is 0 Å². The van der Waals surface area contributed by atoms with E-state index in [1.807, 2.05) is 81.6 Å². The monoisotopic (exact) mass is 495 g/mol. The molecule has 1 aromatic heterocycles. The van der Waals surface area contributed by atoms with Gasteiger partial charge < -0.3 is 28.7 Å². The molecule has 0 unspecified atom stereocenters. The van der Waals surface area contributed by atoms with E-state index < -0.39 is 0 Å². The van der Waals surface area contributed by atoms with Crippen molar-refractivity contribution in [2.75, 3.05) is 66.4 Å². The Balaban J connectivity index is 1.88. The molecule has 10 heteroatoms. The Hall–Kier alpha value is -4.21. The van der Waals surface area contributed by atoms with E-state index in [1.54, 1.807) is 50.2 Å². The summed E-state index contributed by atoms with van der Waals surface area (Å²) >= 11 is 0. The molecule has 3 aromatic rings. The van der Waals surface area contributed by atoms with Crippen molar-refractivity contribution in [2.45, 2.75) is 6.92 Å². The predicted octanol–water partition coefficient (Wildman–Crippen LogP) is 3.01. The van der Waals surface area contributed by atoms with Crippen LogP contribution in [0.15, 0.2) is 46.9 Å². The molecule has 0 radical (unpaired) electrons. The Labute approximate surface area is 212 Å². The van der Waals surface area contributed by atoms with Gasteiger partial charge in [0.15, 0.2) is 12.4 Å². The van der Waals surface area contributed by atoms with Crippen molar-refractivity contribution in [2.24, 2.45) is 10.2 Å². The maximum Gasteiger partial charge on any atom is 0.304 e. The molecule has 2 aromatic carbocycles. The lowest BCUT2D eigenvalue weighted by Gasteiger charge is -2.20.